The molecule has 0 bridgehead atoms. The van der Waals surface area contributed by atoms with E-state index in [1.54, 1.807) is 24.3 Å². The second-order valence-corrected chi connectivity index (χ2v) is 8.75. The highest BCUT2D eigenvalue weighted by Gasteiger charge is 2.37. The molecule has 0 radical (unpaired) electrons. The molecule has 1 unspecified atom stereocenters. The van der Waals surface area contributed by atoms with Crippen LogP contribution in [0.5, 0.6) is 5.75 Å². The average Bonchev–Trinajstić information content (AvgIpc) is 3.48. The van der Waals surface area contributed by atoms with Crippen LogP contribution in [0, 0.1) is 0 Å². The van der Waals surface area contributed by atoms with Crippen LogP contribution < -0.4 is 21.5 Å². The van der Waals surface area contributed by atoms with Gasteiger partial charge in [-0.2, -0.15) is 0 Å². The molecule has 10 heteroatoms. The first-order valence-electron chi connectivity index (χ1n) is 11.3. The molecule has 3 heterocycles. The molecule has 2 aliphatic rings. The van der Waals surface area contributed by atoms with E-state index >= 15 is 0 Å². The summed E-state index contributed by atoms with van der Waals surface area (Å²) < 4.78 is 0. The number of benzene rings is 2. The van der Waals surface area contributed by atoms with Crippen molar-refractivity contribution in [3.8, 4) is 5.75 Å². The van der Waals surface area contributed by atoms with Gasteiger partial charge in [-0.3, -0.25) is 24.4 Å². The van der Waals surface area contributed by atoms with Crippen molar-refractivity contribution in [3.05, 3.63) is 68.9 Å². The van der Waals surface area contributed by atoms with Crippen molar-refractivity contribution in [2.75, 3.05) is 24.5 Å². The van der Waals surface area contributed by atoms with Gasteiger partial charge in [-0.1, -0.05) is 30.3 Å². The first-order chi connectivity index (χ1) is 16.4. The van der Waals surface area contributed by atoms with Crippen LogP contribution in [0.15, 0.2) is 52.1 Å². The SMILES string of the molecule is O=C(N[C@H]1CCN(c2cc(=O)[nH]c(=O)[nH]2)C1)C1CCCN1C(=O)c1ccc2ccccc2c1O. The number of likely N-dealkylation sites (tertiary alicyclic amines) is 1. The summed E-state index contributed by atoms with van der Waals surface area (Å²) in [6, 6.07) is 11.2. The Morgan fingerprint density at radius 3 is 2.68 bits per heavy atom. The number of carbonyl (C=O) groups excluding carboxylic acids is 2. The van der Waals surface area contributed by atoms with Crippen molar-refractivity contribution in [3.63, 3.8) is 0 Å². The van der Waals surface area contributed by atoms with Gasteiger partial charge in [0.05, 0.1) is 5.56 Å². The van der Waals surface area contributed by atoms with Gasteiger partial charge in [0.15, 0.2) is 0 Å². The molecule has 0 spiro atoms. The number of hydrogen-bond acceptors (Lipinski definition) is 6. The number of rotatable bonds is 4. The molecule has 10 nitrogen and oxygen atoms in total. The Bertz CT molecular complexity index is 1350. The third-order valence-electron chi connectivity index (χ3n) is 6.57. The highest BCUT2D eigenvalue weighted by Crippen LogP contribution is 2.31. The standard InChI is InChI=1S/C24H25N5O5/c30-20-12-19(26-24(34)27-20)28-11-9-15(13-28)25-22(32)18-6-3-10-29(18)23(33)17-8-7-14-4-1-2-5-16(14)21(17)31/h1-2,4-5,7-8,12,15,18,31H,3,6,9-11,13H2,(H,25,32)(H2,26,27,30,34)/t15-,18?/m0/s1. The Morgan fingerprint density at radius 2 is 1.85 bits per heavy atom. The van der Waals surface area contributed by atoms with Crippen LogP contribution in [0.4, 0.5) is 5.82 Å². The van der Waals surface area contributed by atoms with E-state index in [0.29, 0.717) is 50.1 Å². The highest BCUT2D eigenvalue weighted by atomic mass is 16.3. The smallest absolute Gasteiger partial charge is 0.327 e. The van der Waals surface area contributed by atoms with Crippen LogP contribution in [0.2, 0.25) is 0 Å². The number of nitrogens with zero attached hydrogens (tertiary/aromatic N) is 2. The second-order valence-electron chi connectivity index (χ2n) is 8.75. The second kappa shape index (κ2) is 8.69. The maximum absolute atomic E-state index is 13.3. The van der Waals surface area contributed by atoms with E-state index < -0.39 is 17.3 Å². The molecular formula is C24H25N5O5. The summed E-state index contributed by atoms with van der Waals surface area (Å²) in [7, 11) is 0. The molecule has 3 aromatic rings. The lowest BCUT2D eigenvalue weighted by Gasteiger charge is -2.26. The molecule has 2 saturated heterocycles. The lowest BCUT2D eigenvalue weighted by molar-refractivity contribution is -0.125. The normalized spacial score (nSPS) is 20.1. The Balaban J connectivity index is 1.28. The van der Waals surface area contributed by atoms with Crippen LogP contribution in [-0.4, -0.2) is 63.5 Å². The first kappa shape index (κ1) is 21.7. The molecule has 2 aromatic carbocycles. The molecule has 5 rings (SSSR count). The summed E-state index contributed by atoms with van der Waals surface area (Å²) in [5.41, 5.74) is -0.876. The van der Waals surface area contributed by atoms with E-state index in [4.69, 9.17) is 0 Å². The zero-order chi connectivity index (χ0) is 23.8. The van der Waals surface area contributed by atoms with Crippen LogP contribution >= 0.6 is 0 Å². The van der Waals surface area contributed by atoms with Gasteiger partial charge in [0.1, 0.15) is 17.6 Å². The fraction of sp³-hybridized carbons (Fsp3) is 0.333. The zero-order valence-corrected chi connectivity index (χ0v) is 18.4. The molecule has 34 heavy (non-hydrogen) atoms. The number of aromatic nitrogens is 2. The largest absolute Gasteiger partial charge is 0.506 e. The third-order valence-corrected chi connectivity index (χ3v) is 6.57. The van der Waals surface area contributed by atoms with Crippen LogP contribution in [0.25, 0.3) is 10.8 Å². The fourth-order valence-corrected chi connectivity index (χ4v) is 4.89. The monoisotopic (exact) mass is 463 g/mol. The molecule has 0 saturated carbocycles. The minimum atomic E-state index is -0.619. The third kappa shape index (κ3) is 4.02. The van der Waals surface area contributed by atoms with Crippen molar-refractivity contribution in [2.45, 2.75) is 31.3 Å². The number of phenols is 1. The number of aromatic hydroxyl groups is 1. The van der Waals surface area contributed by atoms with Gasteiger partial charge in [0.25, 0.3) is 11.5 Å². The average molecular weight is 463 g/mol. The van der Waals surface area contributed by atoms with E-state index in [0.717, 1.165) is 5.39 Å². The predicted octanol–water partition coefficient (Wildman–Crippen LogP) is 0.922. The van der Waals surface area contributed by atoms with Crippen molar-refractivity contribution in [1.29, 1.82) is 0 Å². The van der Waals surface area contributed by atoms with Crippen LogP contribution in [0.3, 0.4) is 0 Å². The lowest BCUT2D eigenvalue weighted by atomic mass is 10.0. The van der Waals surface area contributed by atoms with Gasteiger partial charge < -0.3 is 20.2 Å². The number of anilines is 1. The number of fused-ring (bicyclic) bond motifs is 1. The predicted molar refractivity (Wildman–Crippen MR) is 126 cm³/mol. The summed E-state index contributed by atoms with van der Waals surface area (Å²) in [5, 5.41) is 15.2. The number of phenolic OH excluding ortho intramolecular Hbond substituents is 1. The van der Waals surface area contributed by atoms with E-state index in [-0.39, 0.29) is 29.2 Å². The Kier molecular flexibility index (Phi) is 5.56. The quantitative estimate of drug-likeness (QED) is 0.454. The minimum Gasteiger partial charge on any atom is -0.506 e. The topological polar surface area (TPSA) is 139 Å². The van der Waals surface area contributed by atoms with Crippen molar-refractivity contribution in [2.24, 2.45) is 0 Å². The molecule has 4 N–H and O–H groups in total. The van der Waals surface area contributed by atoms with Crippen molar-refractivity contribution >= 4 is 28.4 Å². The number of amides is 2. The van der Waals surface area contributed by atoms with Gasteiger partial charge in [-0.05, 0) is 30.7 Å². The van der Waals surface area contributed by atoms with Crippen molar-refractivity contribution < 1.29 is 14.7 Å². The fourth-order valence-electron chi connectivity index (χ4n) is 4.89. The molecule has 1 aromatic heterocycles. The summed E-state index contributed by atoms with van der Waals surface area (Å²) in [5.74, 6) is -0.269. The zero-order valence-electron chi connectivity index (χ0n) is 18.4. The molecule has 2 fully saturated rings. The first-order valence-corrected chi connectivity index (χ1v) is 11.3. The summed E-state index contributed by atoms with van der Waals surface area (Å²) >= 11 is 0. The van der Waals surface area contributed by atoms with Crippen LogP contribution in [-0.2, 0) is 4.79 Å². The molecule has 2 amide bonds. The molecule has 0 aliphatic carbocycles. The van der Waals surface area contributed by atoms with Gasteiger partial charge in [0.2, 0.25) is 5.91 Å². The van der Waals surface area contributed by atoms with Gasteiger partial charge >= 0.3 is 5.69 Å². The lowest BCUT2D eigenvalue weighted by Crippen LogP contribution is -2.49. The Labute approximate surface area is 194 Å². The molecule has 176 valence electrons. The highest BCUT2D eigenvalue weighted by molar-refractivity contribution is 6.05. The minimum absolute atomic E-state index is 0.0765. The van der Waals surface area contributed by atoms with E-state index in [9.17, 15) is 24.3 Å². The van der Waals surface area contributed by atoms with E-state index in [1.807, 2.05) is 17.0 Å². The number of nitrogens with one attached hydrogen (secondary N) is 3. The Hall–Kier alpha value is -4.08. The molecule has 2 aliphatic heterocycles. The van der Waals surface area contributed by atoms with Crippen molar-refractivity contribution in [1.82, 2.24) is 20.2 Å². The maximum atomic E-state index is 13.3. The summed E-state index contributed by atoms with van der Waals surface area (Å²) in [6.45, 7) is 1.45. The molecule has 2 atom stereocenters. The Morgan fingerprint density at radius 1 is 1.03 bits per heavy atom. The van der Waals surface area contributed by atoms with Crippen LogP contribution in [0.1, 0.15) is 29.6 Å². The van der Waals surface area contributed by atoms with Gasteiger partial charge in [-0.15, -0.1) is 0 Å². The van der Waals surface area contributed by atoms with E-state index in [1.165, 1.54) is 11.0 Å². The summed E-state index contributed by atoms with van der Waals surface area (Å²) in [6.07, 6.45) is 1.89. The number of carbonyl (C=O) groups is 2. The number of aromatic amines is 2. The van der Waals surface area contributed by atoms with Gasteiger partial charge in [-0.25, -0.2) is 4.79 Å². The number of hydrogen-bond donors (Lipinski definition) is 4. The summed E-state index contributed by atoms with van der Waals surface area (Å²) in [4.78, 5) is 57.6. The van der Waals surface area contributed by atoms with Gasteiger partial charge in [0, 0.05) is 37.1 Å². The maximum Gasteiger partial charge on any atom is 0.327 e. The van der Waals surface area contributed by atoms with E-state index in [2.05, 4.69) is 15.3 Å². The number of H-pyrrole nitrogens is 2. The molecular weight excluding hydrogens is 438 g/mol.